The summed E-state index contributed by atoms with van der Waals surface area (Å²) in [5.74, 6) is -2.11. The van der Waals surface area contributed by atoms with Gasteiger partial charge in [-0.2, -0.15) is 0 Å². The maximum Gasteiger partial charge on any atom is 0.185 e. The lowest BCUT2D eigenvalue weighted by Gasteiger charge is -2.10. The summed E-state index contributed by atoms with van der Waals surface area (Å²) in [6, 6.07) is 6.06. The number of aryl methyl sites for hydroxylation is 1. The van der Waals surface area contributed by atoms with Crippen LogP contribution in [0.25, 0.3) is 0 Å². The van der Waals surface area contributed by atoms with Gasteiger partial charge in [-0.15, -0.1) is 0 Å². The summed E-state index contributed by atoms with van der Waals surface area (Å²) >= 11 is 0. The Labute approximate surface area is 122 Å². The van der Waals surface area contributed by atoms with Crippen molar-refractivity contribution < 1.29 is 13.6 Å². The number of carbonyl (C=O) groups excluding carboxylic acids is 1. The van der Waals surface area contributed by atoms with E-state index in [2.05, 4.69) is 4.98 Å². The number of benzene rings is 1. The van der Waals surface area contributed by atoms with E-state index in [9.17, 15) is 13.6 Å². The second-order valence-electron chi connectivity index (χ2n) is 5.46. The number of halogens is 2. The van der Waals surface area contributed by atoms with Crippen LogP contribution in [0.1, 0.15) is 46.9 Å². The van der Waals surface area contributed by atoms with Gasteiger partial charge in [0.05, 0.1) is 0 Å². The lowest BCUT2D eigenvalue weighted by molar-refractivity contribution is 0.0988. The molecule has 110 valence electrons. The summed E-state index contributed by atoms with van der Waals surface area (Å²) in [6.45, 7) is 5.45. The first kappa shape index (κ1) is 15.3. The molecule has 1 heterocycles. The lowest BCUT2D eigenvalue weighted by atomic mass is 9.97. The summed E-state index contributed by atoms with van der Waals surface area (Å²) in [6.07, 6.45) is 1.62. The molecule has 0 unspecified atom stereocenters. The number of pyridine rings is 1. The molecule has 0 aliphatic carbocycles. The van der Waals surface area contributed by atoms with Crippen molar-refractivity contribution >= 4 is 5.78 Å². The molecule has 0 N–H and O–H groups in total. The van der Waals surface area contributed by atoms with E-state index in [-0.39, 0.29) is 23.7 Å². The van der Waals surface area contributed by atoms with Gasteiger partial charge in [-0.3, -0.25) is 9.78 Å². The summed E-state index contributed by atoms with van der Waals surface area (Å²) in [5.41, 5.74) is 2.04. The highest BCUT2D eigenvalue weighted by Crippen LogP contribution is 2.23. The SMILES string of the molecule is Cc1ccc(C(=O)Cc2cc(F)c(F)c(C(C)C)c2)nc1. The number of ketones is 1. The first-order chi connectivity index (χ1) is 9.88. The second kappa shape index (κ2) is 6.12. The molecule has 0 saturated carbocycles. The van der Waals surface area contributed by atoms with Crippen molar-refractivity contribution in [2.45, 2.75) is 33.1 Å². The molecule has 2 aromatic rings. The van der Waals surface area contributed by atoms with Crippen molar-refractivity contribution in [3.05, 3.63) is 64.5 Å². The zero-order valence-corrected chi connectivity index (χ0v) is 12.3. The van der Waals surface area contributed by atoms with Crippen molar-refractivity contribution in [3.8, 4) is 0 Å². The minimum absolute atomic E-state index is 0.00693. The van der Waals surface area contributed by atoms with Crippen LogP contribution in [0.2, 0.25) is 0 Å². The molecule has 4 heteroatoms. The first-order valence-electron chi connectivity index (χ1n) is 6.82. The van der Waals surface area contributed by atoms with Gasteiger partial charge in [-0.25, -0.2) is 8.78 Å². The highest BCUT2D eigenvalue weighted by molar-refractivity contribution is 5.95. The maximum absolute atomic E-state index is 13.7. The Bertz CT molecular complexity index is 663. The summed E-state index contributed by atoms with van der Waals surface area (Å²) < 4.78 is 27.3. The Morgan fingerprint density at radius 1 is 1.24 bits per heavy atom. The first-order valence-corrected chi connectivity index (χ1v) is 6.82. The Morgan fingerprint density at radius 3 is 2.52 bits per heavy atom. The molecular weight excluding hydrogens is 272 g/mol. The number of aromatic nitrogens is 1. The molecule has 0 radical (unpaired) electrons. The van der Waals surface area contributed by atoms with Crippen LogP contribution >= 0.6 is 0 Å². The van der Waals surface area contributed by atoms with Crippen LogP contribution in [-0.2, 0) is 6.42 Å². The van der Waals surface area contributed by atoms with Crippen LogP contribution in [0, 0.1) is 18.6 Å². The van der Waals surface area contributed by atoms with Gasteiger partial charge >= 0.3 is 0 Å². The predicted molar refractivity (Wildman–Crippen MR) is 77.5 cm³/mol. The molecule has 1 aromatic carbocycles. The van der Waals surface area contributed by atoms with E-state index in [4.69, 9.17) is 0 Å². The van der Waals surface area contributed by atoms with Gasteiger partial charge in [0, 0.05) is 12.6 Å². The van der Waals surface area contributed by atoms with Gasteiger partial charge in [0.15, 0.2) is 17.4 Å². The second-order valence-corrected chi connectivity index (χ2v) is 5.46. The van der Waals surface area contributed by atoms with E-state index in [0.29, 0.717) is 11.3 Å². The molecule has 1 aromatic heterocycles. The molecule has 0 amide bonds. The van der Waals surface area contributed by atoms with Gasteiger partial charge in [0.1, 0.15) is 5.69 Å². The van der Waals surface area contributed by atoms with E-state index < -0.39 is 11.6 Å². The fourth-order valence-corrected chi connectivity index (χ4v) is 2.10. The standard InChI is InChI=1S/C17H17F2NO/c1-10(2)13-6-12(7-14(18)17(13)19)8-16(21)15-5-4-11(3)9-20-15/h4-7,9-10H,8H2,1-3H3. The Kier molecular flexibility index (Phi) is 4.46. The predicted octanol–water partition coefficient (Wildman–Crippen LogP) is 4.22. The molecule has 2 rings (SSSR count). The molecule has 0 aliphatic rings. The topological polar surface area (TPSA) is 30.0 Å². The van der Waals surface area contributed by atoms with E-state index in [1.54, 1.807) is 38.2 Å². The van der Waals surface area contributed by atoms with Crippen molar-refractivity contribution in [1.29, 1.82) is 0 Å². The Balaban J connectivity index is 2.27. The van der Waals surface area contributed by atoms with Gasteiger partial charge in [0.2, 0.25) is 0 Å². The van der Waals surface area contributed by atoms with Crippen molar-refractivity contribution in [3.63, 3.8) is 0 Å². The summed E-state index contributed by atoms with van der Waals surface area (Å²) in [4.78, 5) is 16.2. The minimum Gasteiger partial charge on any atom is -0.292 e. The minimum atomic E-state index is -0.916. The molecule has 0 saturated heterocycles. The number of carbonyl (C=O) groups is 1. The van der Waals surface area contributed by atoms with Crippen LogP contribution in [0.15, 0.2) is 30.5 Å². The summed E-state index contributed by atoms with van der Waals surface area (Å²) in [7, 11) is 0. The van der Waals surface area contributed by atoms with Gasteiger partial charge in [-0.1, -0.05) is 26.0 Å². The van der Waals surface area contributed by atoms with Crippen molar-refractivity contribution in [1.82, 2.24) is 4.98 Å². The van der Waals surface area contributed by atoms with E-state index in [1.807, 2.05) is 6.92 Å². The number of hydrogen-bond donors (Lipinski definition) is 0. The van der Waals surface area contributed by atoms with Gasteiger partial charge in [-0.05, 0) is 41.7 Å². The molecule has 0 bridgehead atoms. The van der Waals surface area contributed by atoms with Crippen LogP contribution in [0.3, 0.4) is 0 Å². The lowest BCUT2D eigenvalue weighted by Crippen LogP contribution is -2.08. The number of rotatable bonds is 4. The quantitative estimate of drug-likeness (QED) is 0.789. The largest absolute Gasteiger partial charge is 0.292 e. The fourth-order valence-electron chi connectivity index (χ4n) is 2.10. The van der Waals surface area contributed by atoms with Gasteiger partial charge < -0.3 is 0 Å². The third-order valence-electron chi connectivity index (χ3n) is 3.30. The van der Waals surface area contributed by atoms with Crippen LogP contribution in [0.5, 0.6) is 0 Å². The zero-order chi connectivity index (χ0) is 15.6. The molecule has 0 atom stereocenters. The average Bonchev–Trinajstić information content (AvgIpc) is 2.43. The highest BCUT2D eigenvalue weighted by Gasteiger charge is 2.16. The van der Waals surface area contributed by atoms with E-state index in [1.165, 1.54) is 0 Å². The highest BCUT2D eigenvalue weighted by atomic mass is 19.2. The zero-order valence-electron chi connectivity index (χ0n) is 12.3. The molecule has 0 aliphatic heterocycles. The summed E-state index contributed by atoms with van der Waals surface area (Å²) in [5, 5.41) is 0. The number of hydrogen-bond acceptors (Lipinski definition) is 2. The average molecular weight is 289 g/mol. The van der Waals surface area contributed by atoms with E-state index in [0.717, 1.165) is 11.6 Å². The maximum atomic E-state index is 13.7. The molecule has 2 nitrogen and oxygen atoms in total. The molecular formula is C17H17F2NO. The molecule has 21 heavy (non-hydrogen) atoms. The van der Waals surface area contributed by atoms with Crippen LogP contribution < -0.4 is 0 Å². The fraction of sp³-hybridized carbons (Fsp3) is 0.294. The van der Waals surface area contributed by atoms with Crippen molar-refractivity contribution in [2.24, 2.45) is 0 Å². The number of Topliss-reactive ketones (excluding diaryl/α,β-unsaturated/α-hetero) is 1. The smallest absolute Gasteiger partial charge is 0.185 e. The number of nitrogens with zero attached hydrogens (tertiary/aromatic N) is 1. The molecule has 0 fully saturated rings. The van der Waals surface area contributed by atoms with Gasteiger partial charge in [0.25, 0.3) is 0 Å². The third-order valence-corrected chi connectivity index (χ3v) is 3.30. The molecule has 0 spiro atoms. The van der Waals surface area contributed by atoms with Crippen LogP contribution in [-0.4, -0.2) is 10.8 Å². The Hall–Kier alpha value is -2.10. The Morgan fingerprint density at radius 2 is 1.95 bits per heavy atom. The van der Waals surface area contributed by atoms with Crippen molar-refractivity contribution in [2.75, 3.05) is 0 Å². The van der Waals surface area contributed by atoms with E-state index >= 15 is 0 Å². The monoisotopic (exact) mass is 289 g/mol. The normalized spacial score (nSPS) is 11.0. The third kappa shape index (κ3) is 3.51. The van der Waals surface area contributed by atoms with Crippen LogP contribution in [0.4, 0.5) is 8.78 Å².